The number of oxazole rings is 1. The molecule has 0 spiro atoms. The van der Waals surface area contributed by atoms with Crippen LogP contribution in [0.15, 0.2) is 58.7 Å². The van der Waals surface area contributed by atoms with Crippen molar-refractivity contribution in [3.63, 3.8) is 0 Å². The Morgan fingerprint density at radius 3 is 3.04 bits per heavy atom. The lowest BCUT2D eigenvalue weighted by Gasteiger charge is -2.08. The molecule has 0 aliphatic rings. The van der Waals surface area contributed by atoms with Gasteiger partial charge in [0.25, 0.3) is 0 Å². The monoisotopic (exact) mass is 321 g/mol. The van der Waals surface area contributed by atoms with Crippen LogP contribution in [0.2, 0.25) is 0 Å². The molecule has 0 bridgehead atoms. The second kappa shape index (κ2) is 5.85. The van der Waals surface area contributed by atoms with Crippen LogP contribution in [0.25, 0.3) is 21.7 Å². The molecule has 4 nitrogen and oxygen atoms in total. The van der Waals surface area contributed by atoms with Crippen molar-refractivity contribution in [2.75, 3.05) is 5.32 Å². The van der Waals surface area contributed by atoms with Crippen LogP contribution in [0.3, 0.4) is 0 Å². The lowest BCUT2D eigenvalue weighted by atomic mass is 10.1. The number of fused-ring (bicyclic) bond motifs is 1. The third-order valence-corrected chi connectivity index (χ3v) is 4.50. The molecule has 4 aromatic rings. The Morgan fingerprint density at radius 2 is 2.17 bits per heavy atom. The predicted molar refractivity (Wildman–Crippen MR) is 93.6 cm³/mol. The van der Waals surface area contributed by atoms with Gasteiger partial charge in [-0.3, -0.25) is 4.98 Å². The van der Waals surface area contributed by atoms with Gasteiger partial charge < -0.3 is 9.73 Å². The van der Waals surface area contributed by atoms with E-state index in [1.54, 1.807) is 17.6 Å². The third-order valence-electron chi connectivity index (χ3n) is 3.64. The first-order valence-corrected chi connectivity index (χ1v) is 8.25. The Labute approximate surface area is 137 Å². The van der Waals surface area contributed by atoms with Crippen LogP contribution in [0, 0.1) is 6.92 Å². The maximum atomic E-state index is 5.55. The molecule has 0 atom stereocenters. The van der Waals surface area contributed by atoms with E-state index in [9.17, 15) is 0 Å². The number of benzene rings is 1. The molecule has 1 N–H and O–H groups in total. The first-order chi connectivity index (χ1) is 11.3. The minimum absolute atomic E-state index is 0.613. The van der Waals surface area contributed by atoms with E-state index >= 15 is 0 Å². The Bertz CT molecular complexity index is 944. The first kappa shape index (κ1) is 14.0. The van der Waals surface area contributed by atoms with Crippen LogP contribution in [0.5, 0.6) is 0 Å². The summed E-state index contributed by atoms with van der Waals surface area (Å²) in [6.07, 6.45) is 3.52. The first-order valence-electron chi connectivity index (χ1n) is 7.37. The average Bonchev–Trinajstić information content (AvgIpc) is 3.24. The standard InChI is InChI=1S/C18H15N3OS/c1-12-4-5-15-14(9-12)16(6-7-19-15)20-10-13-11-22-18(21-13)17-3-2-8-23-17/h2-9,11H,10H2,1H3,(H,19,20). The molecule has 114 valence electrons. The molecule has 0 radical (unpaired) electrons. The lowest BCUT2D eigenvalue weighted by Crippen LogP contribution is -2.00. The largest absolute Gasteiger partial charge is 0.443 e. The number of aryl methyl sites for hydroxylation is 1. The summed E-state index contributed by atoms with van der Waals surface area (Å²) in [5.41, 5.74) is 4.14. The van der Waals surface area contributed by atoms with Crippen molar-refractivity contribution >= 4 is 27.9 Å². The van der Waals surface area contributed by atoms with Crippen LogP contribution in [-0.2, 0) is 6.54 Å². The predicted octanol–water partition coefficient (Wildman–Crippen LogP) is 4.87. The Balaban J connectivity index is 1.56. The summed E-state index contributed by atoms with van der Waals surface area (Å²) in [4.78, 5) is 9.98. The molecule has 3 aromatic heterocycles. The highest BCUT2D eigenvalue weighted by Crippen LogP contribution is 2.25. The van der Waals surface area contributed by atoms with Gasteiger partial charge in [-0.2, -0.15) is 0 Å². The van der Waals surface area contributed by atoms with E-state index in [1.165, 1.54) is 5.56 Å². The summed E-state index contributed by atoms with van der Waals surface area (Å²) in [5, 5.41) is 6.57. The van der Waals surface area contributed by atoms with Crippen molar-refractivity contribution in [2.24, 2.45) is 0 Å². The highest BCUT2D eigenvalue weighted by atomic mass is 32.1. The maximum absolute atomic E-state index is 5.55. The molecule has 0 unspecified atom stereocenters. The van der Waals surface area contributed by atoms with Crippen molar-refractivity contribution in [2.45, 2.75) is 13.5 Å². The van der Waals surface area contributed by atoms with E-state index in [2.05, 4.69) is 34.3 Å². The molecule has 0 amide bonds. The molecule has 0 aliphatic heterocycles. The van der Waals surface area contributed by atoms with E-state index < -0.39 is 0 Å². The molecule has 4 rings (SSSR count). The quantitative estimate of drug-likeness (QED) is 0.582. The Morgan fingerprint density at radius 1 is 1.22 bits per heavy atom. The van der Waals surface area contributed by atoms with Gasteiger partial charge in [0.05, 0.1) is 22.6 Å². The maximum Gasteiger partial charge on any atom is 0.236 e. The summed E-state index contributed by atoms with van der Waals surface area (Å²) in [7, 11) is 0. The minimum atomic E-state index is 0.613. The van der Waals surface area contributed by atoms with Gasteiger partial charge in [-0.25, -0.2) is 4.98 Å². The molecule has 3 heterocycles. The minimum Gasteiger partial charge on any atom is -0.443 e. The van der Waals surface area contributed by atoms with Gasteiger partial charge in [0.2, 0.25) is 5.89 Å². The van der Waals surface area contributed by atoms with Gasteiger partial charge in [0, 0.05) is 17.3 Å². The normalized spacial score (nSPS) is 11.0. The molecule has 0 fully saturated rings. The Kier molecular flexibility index (Phi) is 3.55. The van der Waals surface area contributed by atoms with Crippen LogP contribution in [0.4, 0.5) is 5.69 Å². The molecular formula is C18H15N3OS. The zero-order valence-corrected chi connectivity index (χ0v) is 13.4. The highest BCUT2D eigenvalue weighted by Gasteiger charge is 2.08. The molecule has 0 saturated carbocycles. The number of hydrogen-bond acceptors (Lipinski definition) is 5. The summed E-state index contributed by atoms with van der Waals surface area (Å²) < 4.78 is 5.55. The van der Waals surface area contributed by atoms with Crippen LogP contribution in [-0.4, -0.2) is 9.97 Å². The van der Waals surface area contributed by atoms with Crippen molar-refractivity contribution in [3.05, 3.63) is 65.5 Å². The van der Waals surface area contributed by atoms with Gasteiger partial charge >= 0.3 is 0 Å². The number of anilines is 1. The average molecular weight is 321 g/mol. The van der Waals surface area contributed by atoms with Gasteiger partial charge in [-0.05, 0) is 36.6 Å². The fourth-order valence-corrected chi connectivity index (χ4v) is 3.16. The fraction of sp³-hybridized carbons (Fsp3) is 0.111. The SMILES string of the molecule is Cc1ccc2nccc(NCc3coc(-c4cccs4)n3)c2c1. The van der Waals surface area contributed by atoms with E-state index in [4.69, 9.17) is 4.42 Å². The number of aromatic nitrogens is 2. The van der Waals surface area contributed by atoms with Crippen molar-refractivity contribution in [1.29, 1.82) is 0 Å². The van der Waals surface area contributed by atoms with Crippen molar-refractivity contribution < 1.29 is 4.42 Å². The van der Waals surface area contributed by atoms with Gasteiger partial charge in [0.1, 0.15) is 6.26 Å². The van der Waals surface area contributed by atoms with E-state index in [1.807, 2.05) is 35.8 Å². The summed E-state index contributed by atoms with van der Waals surface area (Å²) in [5.74, 6) is 0.673. The zero-order valence-electron chi connectivity index (χ0n) is 12.6. The lowest BCUT2D eigenvalue weighted by molar-refractivity contribution is 0.574. The third kappa shape index (κ3) is 2.83. The topological polar surface area (TPSA) is 51.0 Å². The summed E-state index contributed by atoms with van der Waals surface area (Å²) in [6, 6.07) is 12.2. The smallest absolute Gasteiger partial charge is 0.236 e. The molecule has 23 heavy (non-hydrogen) atoms. The van der Waals surface area contributed by atoms with Gasteiger partial charge in [-0.15, -0.1) is 11.3 Å². The van der Waals surface area contributed by atoms with E-state index in [-0.39, 0.29) is 0 Å². The van der Waals surface area contributed by atoms with E-state index in [0.29, 0.717) is 12.4 Å². The molecule has 1 aromatic carbocycles. The second-order valence-corrected chi connectivity index (χ2v) is 6.30. The number of nitrogens with one attached hydrogen (secondary N) is 1. The summed E-state index contributed by atoms with van der Waals surface area (Å²) >= 11 is 1.62. The molecular weight excluding hydrogens is 306 g/mol. The summed E-state index contributed by atoms with van der Waals surface area (Å²) in [6.45, 7) is 2.70. The number of hydrogen-bond donors (Lipinski definition) is 1. The van der Waals surface area contributed by atoms with E-state index in [0.717, 1.165) is 27.2 Å². The van der Waals surface area contributed by atoms with Crippen LogP contribution in [0.1, 0.15) is 11.3 Å². The fourth-order valence-electron chi connectivity index (χ4n) is 2.50. The van der Waals surface area contributed by atoms with Crippen LogP contribution < -0.4 is 5.32 Å². The zero-order chi connectivity index (χ0) is 15.6. The van der Waals surface area contributed by atoms with Crippen molar-refractivity contribution in [1.82, 2.24) is 9.97 Å². The number of pyridine rings is 1. The molecule has 0 saturated heterocycles. The molecule has 0 aliphatic carbocycles. The second-order valence-electron chi connectivity index (χ2n) is 5.35. The van der Waals surface area contributed by atoms with Crippen LogP contribution >= 0.6 is 11.3 Å². The highest BCUT2D eigenvalue weighted by molar-refractivity contribution is 7.13. The Hall–Kier alpha value is -2.66. The number of rotatable bonds is 4. The van der Waals surface area contributed by atoms with Gasteiger partial charge in [-0.1, -0.05) is 17.7 Å². The van der Waals surface area contributed by atoms with Gasteiger partial charge in [0.15, 0.2) is 0 Å². The van der Waals surface area contributed by atoms with Crippen molar-refractivity contribution in [3.8, 4) is 10.8 Å². The number of thiophene rings is 1. The number of nitrogens with zero attached hydrogens (tertiary/aromatic N) is 2. The molecule has 5 heteroatoms.